The molecule has 5 rings (SSSR count). The number of carbonyl (C=O) groups is 1. The number of nitrogens with zero attached hydrogens (tertiary/aromatic N) is 3. The summed E-state index contributed by atoms with van der Waals surface area (Å²) in [4.78, 5) is 24.3. The van der Waals surface area contributed by atoms with Crippen LogP contribution in [-0.4, -0.2) is 38.3 Å². The number of rotatable bonds is 3. The van der Waals surface area contributed by atoms with Crippen LogP contribution in [0.2, 0.25) is 0 Å². The predicted octanol–water partition coefficient (Wildman–Crippen LogP) is 4.31. The van der Waals surface area contributed by atoms with E-state index in [0.717, 1.165) is 48.2 Å². The maximum atomic E-state index is 12.9. The lowest BCUT2D eigenvalue weighted by Crippen LogP contribution is -2.44. The first-order chi connectivity index (χ1) is 13.5. The Bertz CT molecular complexity index is 1160. The molecule has 4 aromatic rings. The van der Waals surface area contributed by atoms with Gasteiger partial charge in [0.2, 0.25) is 5.91 Å². The van der Waals surface area contributed by atoms with E-state index in [4.69, 9.17) is 4.98 Å². The van der Waals surface area contributed by atoms with Crippen molar-refractivity contribution in [2.45, 2.75) is 38.5 Å². The minimum Gasteiger partial charge on any atom is -0.361 e. The molecule has 1 saturated heterocycles. The van der Waals surface area contributed by atoms with Gasteiger partial charge in [-0.3, -0.25) is 9.20 Å². The van der Waals surface area contributed by atoms with Gasteiger partial charge in [-0.1, -0.05) is 25.1 Å². The van der Waals surface area contributed by atoms with E-state index in [-0.39, 0.29) is 11.3 Å². The first kappa shape index (κ1) is 17.5. The molecular weight excluding hydrogens is 368 g/mol. The van der Waals surface area contributed by atoms with Crippen LogP contribution >= 0.6 is 11.3 Å². The second-order valence-electron chi connectivity index (χ2n) is 8.06. The fourth-order valence-electron chi connectivity index (χ4n) is 4.40. The standard InChI is InChI=1S/C22H24N4OS/c1-15-24-20(21-26(15)11-12-28-21)22(2)7-9-25(10-8-22)19(27)13-16-14-23-18-6-4-3-5-17(16)18/h3-6,11-12,14,23H,7-10,13H2,1-2H3. The molecule has 1 N–H and O–H groups in total. The lowest BCUT2D eigenvalue weighted by molar-refractivity contribution is -0.132. The highest BCUT2D eigenvalue weighted by Gasteiger charge is 2.37. The molecule has 28 heavy (non-hydrogen) atoms. The number of para-hydroxylation sites is 1. The van der Waals surface area contributed by atoms with Crippen LogP contribution in [0.3, 0.4) is 0 Å². The zero-order valence-electron chi connectivity index (χ0n) is 16.2. The zero-order valence-corrected chi connectivity index (χ0v) is 17.1. The fraction of sp³-hybridized carbons (Fsp3) is 0.364. The Morgan fingerprint density at radius 1 is 1.29 bits per heavy atom. The second-order valence-corrected chi connectivity index (χ2v) is 8.96. The van der Waals surface area contributed by atoms with Gasteiger partial charge in [0.05, 0.1) is 12.1 Å². The van der Waals surface area contributed by atoms with Crippen LogP contribution in [0.15, 0.2) is 42.0 Å². The van der Waals surface area contributed by atoms with E-state index >= 15 is 0 Å². The third-order valence-electron chi connectivity index (χ3n) is 6.24. The Hall–Kier alpha value is -2.60. The maximum absolute atomic E-state index is 12.9. The molecule has 1 amide bonds. The van der Waals surface area contributed by atoms with Gasteiger partial charge in [0, 0.05) is 47.2 Å². The molecule has 6 heteroatoms. The predicted molar refractivity (Wildman–Crippen MR) is 113 cm³/mol. The summed E-state index contributed by atoms with van der Waals surface area (Å²) in [5.41, 5.74) is 3.40. The van der Waals surface area contributed by atoms with E-state index in [1.807, 2.05) is 29.3 Å². The van der Waals surface area contributed by atoms with Crippen molar-refractivity contribution in [3.63, 3.8) is 0 Å². The number of H-pyrrole nitrogens is 1. The van der Waals surface area contributed by atoms with Gasteiger partial charge in [0.25, 0.3) is 0 Å². The minimum absolute atomic E-state index is 0.0297. The number of carbonyl (C=O) groups excluding carboxylic acids is 1. The van der Waals surface area contributed by atoms with Crippen molar-refractivity contribution >= 4 is 33.0 Å². The molecule has 0 bridgehead atoms. The number of likely N-dealkylation sites (tertiary alicyclic amines) is 1. The summed E-state index contributed by atoms with van der Waals surface area (Å²) in [7, 11) is 0. The molecule has 5 nitrogen and oxygen atoms in total. The molecule has 1 fully saturated rings. The fourth-order valence-corrected chi connectivity index (χ4v) is 5.42. The molecule has 0 aliphatic carbocycles. The minimum atomic E-state index is 0.0297. The number of aryl methyl sites for hydroxylation is 1. The monoisotopic (exact) mass is 392 g/mol. The van der Waals surface area contributed by atoms with Crippen molar-refractivity contribution in [2.75, 3.05) is 13.1 Å². The summed E-state index contributed by atoms with van der Waals surface area (Å²) in [6, 6.07) is 8.16. The van der Waals surface area contributed by atoms with Crippen LogP contribution in [0.4, 0.5) is 0 Å². The second kappa shape index (κ2) is 6.48. The number of amides is 1. The molecule has 0 spiro atoms. The SMILES string of the molecule is Cc1nc(C2(C)CCN(C(=O)Cc3c[nH]c4ccccc34)CC2)c2sccn12. The summed E-state index contributed by atoms with van der Waals surface area (Å²) in [6.07, 6.45) is 6.43. The molecule has 0 atom stereocenters. The molecule has 1 aliphatic rings. The van der Waals surface area contributed by atoms with Crippen molar-refractivity contribution in [2.24, 2.45) is 0 Å². The topological polar surface area (TPSA) is 53.4 Å². The maximum Gasteiger partial charge on any atom is 0.227 e. The quantitative estimate of drug-likeness (QED) is 0.565. The lowest BCUT2D eigenvalue weighted by Gasteiger charge is -2.38. The number of thiazole rings is 1. The number of nitrogens with one attached hydrogen (secondary N) is 1. The van der Waals surface area contributed by atoms with Crippen LogP contribution in [0.25, 0.3) is 15.7 Å². The Kier molecular flexibility index (Phi) is 4.05. The zero-order chi connectivity index (χ0) is 19.3. The number of aromatic amines is 1. The molecule has 0 saturated carbocycles. The third kappa shape index (κ3) is 2.75. The number of fused-ring (bicyclic) bond motifs is 2. The molecule has 4 heterocycles. The van der Waals surface area contributed by atoms with Crippen LogP contribution in [0, 0.1) is 6.92 Å². The van der Waals surface area contributed by atoms with Crippen LogP contribution < -0.4 is 0 Å². The Balaban J connectivity index is 1.31. The molecular formula is C22H24N4OS. The van der Waals surface area contributed by atoms with Crippen molar-refractivity contribution in [3.05, 3.63) is 59.1 Å². The van der Waals surface area contributed by atoms with Crippen molar-refractivity contribution < 1.29 is 4.79 Å². The van der Waals surface area contributed by atoms with Gasteiger partial charge in [-0.05, 0) is 31.4 Å². The van der Waals surface area contributed by atoms with E-state index < -0.39 is 0 Å². The number of hydrogen-bond donors (Lipinski definition) is 1. The van der Waals surface area contributed by atoms with E-state index in [0.29, 0.717) is 6.42 Å². The van der Waals surface area contributed by atoms with E-state index in [1.165, 1.54) is 10.5 Å². The molecule has 0 unspecified atom stereocenters. The number of benzene rings is 1. The molecule has 144 valence electrons. The molecule has 3 aromatic heterocycles. The smallest absolute Gasteiger partial charge is 0.227 e. The Morgan fingerprint density at radius 2 is 2.07 bits per heavy atom. The molecule has 1 aromatic carbocycles. The normalized spacial score (nSPS) is 16.9. The van der Waals surface area contributed by atoms with Gasteiger partial charge < -0.3 is 9.88 Å². The summed E-state index contributed by atoms with van der Waals surface area (Å²) >= 11 is 1.75. The van der Waals surface area contributed by atoms with Gasteiger partial charge in [-0.15, -0.1) is 11.3 Å². The number of imidazole rings is 1. The summed E-state index contributed by atoms with van der Waals surface area (Å²) in [5.74, 6) is 1.26. The number of hydrogen-bond acceptors (Lipinski definition) is 3. The highest BCUT2D eigenvalue weighted by molar-refractivity contribution is 7.15. The van der Waals surface area contributed by atoms with Gasteiger partial charge in [-0.2, -0.15) is 0 Å². The van der Waals surface area contributed by atoms with E-state index in [1.54, 1.807) is 11.3 Å². The number of aromatic nitrogens is 3. The third-order valence-corrected chi connectivity index (χ3v) is 7.11. The van der Waals surface area contributed by atoms with Crippen LogP contribution in [-0.2, 0) is 16.6 Å². The summed E-state index contributed by atoms with van der Waals surface area (Å²) in [5, 5.41) is 3.27. The van der Waals surface area contributed by atoms with Crippen LogP contribution in [0.1, 0.15) is 36.8 Å². The Labute approximate surface area is 168 Å². The highest BCUT2D eigenvalue weighted by Crippen LogP contribution is 2.38. The first-order valence-electron chi connectivity index (χ1n) is 9.80. The van der Waals surface area contributed by atoms with E-state index in [9.17, 15) is 4.79 Å². The molecule has 1 aliphatic heterocycles. The highest BCUT2D eigenvalue weighted by atomic mass is 32.1. The summed E-state index contributed by atoms with van der Waals surface area (Å²) in [6.45, 7) is 5.95. The van der Waals surface area contributed by atoms with Crippen molar-refractivity contribution in [1.29, 1.82) is 0 Å². The lowest BCUT2D eigenvalue weighted by atomic mass is 9.77. The summed E-state index contributed by atoms with van der Waals surface area (Å²) < 4.78 is 2.18. The van der Waals surface area contributed by atoms with Gasteiger partial charge >= 0.3 is 0 Å². The van der Waals surface area contributed by atoms with Crippen LogP contribution in [0.5, 0.6) is 0 Å². The Morgan fingerprint density at radius 3 is 2.89 bits per heavy atom. The first-order valence-corrected chi connectivity index (χ1v) is 10.7. The van der Waals surface area contributed by atoms with Gasteiger partial charge in [-0.25, -0.2) is 4.98 Å². The average Bonchev–Trinajstić information content (AvgIpc) is 3.40. The largest absolute Gasteiger partial charge is 0.361 e. The van der Waals surface area contributed by atoms with E-state index in [2.05, 4.69) is 40.9 Å². The van der Waals surface area contributed by atoms with Crippen molar-refractivity contribution in [3.8, 4) is 0 Å². The van der Waals surface area contributed by atoms with Gasteiger partial charge in [0.1, 0.15) is 10.7 Å². The number of piperidine rings is 1. The van der Waals surface area contributed by atoms with Crippen molar-refractivity contribution in [1.82, 2.24) is 19.3 Å². The molecule has 0 radical (unpaired) electrons. The van der Waals surface area contributed by atoms with Gasteiger partial charge in [0.15, 0.2) is 0 Å². The average molecular weight is 393 g/mol.